The molecule has 3 aliphatic rings. The van der Waals surface area contributed by atoms with Crippen molar-refractivity contribution in [2.45, 2.75) is 44.1 Å². The van der Waals surface area contributed by atoms with Gasteiger partial charge < -0.3 is 4.90 Å². The van der Waals surface area contributed by atoms with Gasteiger partial charge in [-0.25, -0.2) is 0 Å². The molecule has 1 fully saturated rings. The van der Waals surface area contributed by atoms with E-state index in [-0.39, 0.29) is 0 Å². The van der Waals surface area contributed by atoms with Crippen molar-refractivity contribution < 1.29 is 0 Å². The van der Waals surface area contributed by atoms with Crippen LogP contribution in [0.25, 0.3) is 12.2 Å². The summed E-state index contributed by atoms with van der Waals surface area (Å²) in [4.78, 5) is 2.63. The molecule has 0 amide bonds. The molecule has 0 N–H and O–H groups in total. The van der Waals surface area contributed by atoms with Crippen molar-refractivity contribution in [1.29, 1.82) is 0 Å². The molecule has 1 heteroatoms. The van der Waals surface area contributed by atoms with Gasteiger partial charge in [-0.15, -0.1) is 0 Å². The van der Waals surface area contributed by atoms with Gasteiger partial charge >= 0.3 is 0 Å². The summed E-state index contributed by atoms with van der Waals surface area (Å²) in [5.74, 6) is 0.700. The highest BCUT2D eigenvalue weighted by Gasteiger charge is 2.42. The first-order valence-corrected chi connectivity index (χ1v) is 9.93. The number of fused-ring (bicyclic) bond motifs is 3. The Morgan fingerprint density at radius 1 is 0.885 bits per heavy atom. The van der Waals surface area contributed by atoms with E-state index in [4.69, 9.17) is 0 Å². The summed E-state index contributed by atoms with van der Waals surface area (Å²) in [7, 11) is 0. The molecule has 130 valence electrons. The van der Waals surface area contributed by atoms with Gasteiger partial charge in [-0.2, -0.15) is 0 Å². The molecule has 1 saturated carbocycles. The minimum atomic E-state index is 0.660. The molecule has 0 bridgehead atoms. The van der Waals surface area contributed by atoms with Gasteiger partial charge in [0.15, 0.2) is 0 Å². The lowest BCUT2D eigenvalue weighted by Gasteiger charge is -2.29. The average molecular weight is 339 g/mol. The standard InChI is InChI=1S/C25H25N/c1-3-8-19(9-4-1)14-15-20-16-17-25-23(18-20)22-12-7-13-24(22)26(25)21-10-5-2-6-11-21/h1,3-5,8-11,14-18,22,24H,2,6-7,12-13H2/b15-14-. The topological polar surface area (TPSA) is 3.24 Å². The van der Waals surface area contributed by atoms with Crippen LogP contribution in [-0.2, 0) is 0 Å². The Labute approximate surface area is 156 Å². The highest BCUT2D eigenvalue weighted by molar-refractivity contribution is 5.75. The molecule has 2 atom stereocenters. The fourth-order valence-electron chi connectivity index (χ4n) is 4.85. The van der Waals surface area contributed by atoms with Crippen molar-refractivity contribution in [2.24, 2.45) is 0 Å². The molecule has 2 aromatic rings. The molecule has 0 spiro atoms. The largest absolute Gasteiger partial charge is 0.338 e. The smallest absolute Gasteiger partial charge is 0.0450 e. The van der Waals surface area contributed by atoms with E-state index >= 15 is 0 Å². The van der Waals surface area contributed by atoms with Crippen LogP contribution in [0.1, 0.15) is 54.7 Å². The minimum Gasteiger partial charge on any atom is -0.338 e. The van der Waals surface area contributed by atoms with Crippen LogP contribution in [0.15, 0.2) is 72.5 Å². The summed E-state index contributed by atoms with van der Waals surface area (Å²) in [6.07, 6.45) is 17.9. The average Bonchev–Trinajstić information content (AvgIpc) is 3.28. The molecule has 26 heavy (non-hydrogen) atoms. The Morgan fingerprint density at radius 3 is 2.62 bits per heavy atom. The zero-order valence-corrected chi connectivity index (χ0v) is 15.1. The summed E-state index contributed by atoms with van der Waals surface area (Å²) in [5, 5.41) is 0. The van der Waals surface area contributed by atoms with E-state index in [0.717, 1.165) is 0 Å². The second-order valence-electron chi connectivity index (χ2n) is 7.65. The second-order valence-corrected chi connectivity index (χ2v) is 7.65. The van der Waals surface area contributed by atoms with Crippen molar-refractivity contribution >= 4 is 17.8 Å². The molecule has 2 aliphatic carbocycles. The van der Waals surface area contributed by atoms with E-state index in [9.17, 15) is 0 Å². The third-order valence-corrected chi connectivity index (χ3v) is 6.04. The number of nitrogens with zero attached hydrogens (tertiary/aromatic N) is 1. The van der Waals surface area contributed by atoms with Gasteiger partial charge in [0.1, 0.15) is 0 Å². The normalized spacial score (nSPS) is 24.0. The summed E-state index contributed by atoms with van der Waals surface area (Å²) in [5.41, 5.74) is 6.98. The molecule has 1 nitrogen and oxygen atoms in total. The van der Waals surface area contributed by atoms with Gasteiger partial charge in [-0.1, -0.05) is 67.1 Å². The quantitative estimate of drug-likeness (QED) is 0.573. The zero-order valence-electron chi connectivity index (χ0n) is 15.1. The summed E-state index contributed by atoms with van der Waals surface area (Å²) < 4.78 is 0. The SMILES string of the molecule is C1=CC(N2c3ccc(/C=C\c4ccccc4)cc3C3CCCC32)=CCC1. The predicted molar refractivity (Wildman–Crippen MR) is 111 cm³/mol. The van der Waals surface area contributed by atoms with E-state index < -0.39 is 0 Å². The predicted octanol–water partition coefficient (Wildman–Crippen LogP) is 6.55. The molecule has 2 aromatic carbocycles. The molecule has 5 rings (SSSR count). The Balaban J connectivity index is 1.50. The highest BCUT2D eigenvalue weighted by atomic mass is 15.2. The number of hydrogen-bond donors (Lipinski definition) is 0. The molecular weight excluding hydrogens is 314 g/mol. The Hall–Kier alpha value is -2.54. The highest BCUT2D eigenvalue weighted by Crippen LogP contribution is 2.51. The summed E-state index contributed by atoms with van der Waals surface area (Å²) >= 11 is 0. The van der Waals surface area contributed by atoms with Crippen molar-refractivity contribution in [2.75, 3.05) is 4.90 Å². The Bertz CT molecular complexity index is 888. The molecule has 0 aromatic heterocycles. The van der Waals surface area contributed by atoms with E-state index in [0.29, 0.717) is 12.0 Å². The van der Waals surface area contributed by atoms with Gasteiger partial charge in [0, 0.05) is 23.3 Å². The molecule has 1 heterocycles. The molecule has 2 unspecified atom stereocenters. The maximum atomic E-state index is 2.63. The number of benzene rings is 2. The fraction of sp³-hybridized carbons (Fsp3) is 0.280. The van der Waals surface area contributed by atoms with E-state index in [1.165, 1.54) is 54.6 Å². The summed E-state index contributed by atoms with van der Waals surface area (Å²) in [6, 6.07) is 18.3. The van der Waals surface area contributed by atoms with E-state index in [2.05, 4.69) is 83.8 Å². The zero-order chi connectivity index (χ0) is 17.3. The molecule has 1 aliphatic heterocycles. The van der Waals surface area contributed by atoms with Crippen molar-refractivity contribution in [3.63, 3.8) is 0 Å². The van der Waals surface area contributed by atoms with Gasteiger partial charge in [0.2, 0.25) is 0 Å². The van der Waals surface area contributed by atoms with Crippen molar-refractivity contribution in [3.8, 4) is 0 Å². The first-order chi connectivity index (χ1) is 12.9. The number of anilines is 1. The second kappa shape index (κ2) is 6.64. The Morgan fingerprint density at radius 2 is 1.77 bits per heavy atom. The van der Waals surface area contributed by atoms with Gasteiger partial charge in [0.25, 0.3) is 0 Å². The number of allylic oxidation sites excluding steroid dienone is 3. The third kappa shape index (κ3) is 2.72. The third-order valence-electron chi connectivity index (χ3n) is 6.04. The lowest BCUT2D eigenvalue weighted by molar-refractivity contribution is 0.628. The van der Waals surface area contributed by atoms with Crippen LogP contribution >= 0.6 is 0 Å². The van der Waals surface area contributed by atoms with E-state index in [1.54, 1.807) is 5.56 Å². The van der Waals surface area contributed by atoms with E-state index in [1.807, 2.05) is 0 Å². The van der Waals surface area contributed by atoms with Crippen molar-refractivity contribution in [1.82, 2.24) is 0 Å². The minimum absolute atomic E-state index is 0.660. The number of rotatable bonds is 3. The van der Waals surface area contributed by atoms with Crippen LogP contribution < -0.4 is 4.90 Å². The molecule has 0 radical (unpaired) electrons. The van der Waals surface area contributed by atoms with Gasteiger partial charge in [-0.3, -0.25) is 0 Å². The number of hydrogen-bond acceptors (Lipinski definition) is 1. The first kappa shape index (κ1) is 15.7. The monoisotopic (exact) mass is 339 g/mol. The lowest BCUT2D eigenvalue weighted by atomic mass is 9.95. The van der Waals surface area contributed by atoms with Crippen LogP contribution in [0, 0.1) is 0 Å². The van der Waals surface area contributed by atoms with Crippen LogP contribution in [0.2, 0.25) is 0 Å². The van der Waals surface area contributed by atoms with Crippen LogP contribution in [0.3, 0.4) is 0 Å². The molecular formula is C25H25N. The van der Waals surface area contributed by atoms with Gasteiger partial charge in [0.05, 0.1) is 0 Å². The van der Waals surface area contributed by atoms with Crippen LogP contribution in [0.5, 0.6) is 0 Å². The Kier molecular flexibility index (Phi) is 4.01. The maximum Gasteiger partial charge on any atom is 0.0450 e. The molecule has 0 saturated heterocycles. The first-order valence-electron chi connectivity index (χ1n) is 9.93. The lowest BCUT2D eigenvalue weighted by Crippen LogP contribution is -2.30. The fourth-order valence-corrected chi connectivity index (χ4v) is 4.85. The summed E-state index contributed by atoms with van der Waals surface area (Å²) in [6.45, 7) is 0. The van der Waals surface area contributed by atoms with Crippen LogP contribution in [-0.4, -0.2) is 6.04 Å². The van der Waals surface area contributed by atoms with Crippen LogP contribution in [0.4, 0.5) is 5.69 Å². The maximum absolute atomic E-state index is 2.63. The van der Waals surface area contributed by atoms with Crippen molar-refractivity contribution in [3.05, 3.63) is 89.1 Å². The van der Waals surface area contributed by atoms with Gasteiger partial charge in [-0.05, 0) is 60.6 Å².